The molecule has 2 aliphatic rings. The van der Waals surface area contributed by atoms with E-state index in [1.54, 1.807) is 20.8 Å². The van der Waals surface area contributed by atoms with Crippen molar-refractivity contribution in [3.05, 3.63) is 0 Å². The first-order valence-corrected chi connectivity index (χ1v) is 5.99. The van der Waals surface area contributed by atoms with Crippen molar-refractivity contribution >= 4 is 11.9 Å². The van der Waals surface area contributed by atoms with Crippen LogP contribution in [0.2, 0.25) is 0 Å². The van der Waals surface area contributed by atoms with Crippen molar-refractivity contribution in [1.82, 2.24) is 4.90 Å². The summed E-state index contributed by atoms with van der Waals surface area (Å²) in [5.41, 5.74) is -0.558. The second-order valence-corrected chi connectivity index (χ2v) is 5.89. The third-order valence-electron chi connectivity index (χ3n) is 3.43. The monoisotopic (exact) mass is 241 g/mol. The number of hydrogen-bond acceptors (Lipinski definition) is 4. The molecule has 2 bridgehead atoms. The van der Waals surface area contributed by atoms with Gasteiger partial charge in [0.05, 0.1) is 5.92 Å². The van der Waals surface area contributed by atoms with E-state index in [9.17, 15) is 14.7 Å². The molecule has 0 spiro atoms. The van der Waals surface area contributed by atoms with Crippen LogP contribution in [0.1, 0.15) is 27.2 Å². The van der Waals surface area contributed by atoms with E-state index in [1.807, 2.05) is 4.90 Å². The van der Waals surface area contributed by atoms with Gasteiger partial charge in [-0.25, -0.2) is 0 Å². The molecule has 1 N–H and O–H groups in total. The van der Waals surface area contributed by atoms with Gasteiger partial charge in [-0.05, 0) is 39.7 Å². The molecular formula is C12H19NO4. The number of hydrogen-bond donors (Lipinski definition) is 1. The average Bonchev–Trinajstić information content (AvgIpc) is 2.72. The Labute approximate surface area is 101 Å². The van der Waals surface area contributed by atoms with Crippen LogP contribution in [0, 0.1) is 11.8 Å². The largest absolute Gasteiger partial charge is 0.480 e. The Morgan fingerprint density at radius 2 is 2.00 bits per heavy atom. The zero-order chi connectivity index (χ0) is 12.8. The topological polar surface area (TPSA) is 66.8 Å². The molecule has 5 heteroatoms. The van der Waals surface area contributed by atoms with Crippen LogP contribution in [-0.2, 0) is 14.3 Å². The van der Waals surface area contributed by atoms with Gasteiger partial charge in [-0.2, -0.15) is 0 Å². The fraction of sp³-hybridized carbons (Fsp3) is 0.833. The van der Waals surface area contributed by atoms with Crippen molar-refractivity contribution in [1.29, 1.82) is 0 Å². The van der Waals surface area contributed by atoms with Crippen molar-refractivity contribution in [3.63, 3.8) is 0 Å². The Balaban J connectivity index is 2.14. The molecule has 4 atom stereocenters. The Kier molecular flexibility index (Phi) is 2.89. The normalized spacial score (nSPS) is 35.9. The number of carbonyl (C=O) groups excluding carboxylic acids is 1. The molecule has 2 rings (SSSR count). The number of carboxylic acid groups (broad SMARTS) is 1. The summed E-state index contributed by atoms with van der Waals surface area (Å²) >= 11 is 0. The lowest BCUT2D eigenvalue weighted by atomic mass is 9.86. The van der Waals surface area contributed by atoms with Crippen molar-refractivity contribution in [3.8, 4) is 0 Å². The SMILES string of the molecule is CC(C)(C)OC(=O)C1C2CCN(C2)C1C(=O)O. The van der Waals surface area contributed by atoms with Gasteiger partial charge in [-0.1, -0.05) is 0 Å². The fourth-order valence-electron chi connectivity index (χ4n) is 2.85. The minimum Gasteiger partial charge on any atom is -0.480 e. The van der Waals surface area contributed by atoms with E-state index in [0.29, 0.717) is 6.54 Å². The van der Waals surface area contributed by atoms with Gasteiger partial charge in [-0.3, -0.25) is 14.5 Å². The molecule has 0 saturated carbocycles. The summed E-state index contributed by atoms with van der Waals surface area (Å²) < 4.78 is 5.33. The molecule has 17 heavy (non-hydrogen) atoms. The van der Waals surface area contributed by atoms with Gasteiger partial charge in [0.15, 0.2) is 0 Å². The zero-order valence-electron chi connectivity index (χ0n) is 10.5. The van der Waals surface area contributed by atoms with Crippen LogP contribution in [0.3, 0.4) is 0 Å². The fourth-order valence-corrected chi connectivity index (χ4v) is 2.85. The van der Waals surface area contributed by atoms with Crippen molar-refractivity contribution in [2.75, 3.05) is 13.1 Å². The lowest BCUT2D eigenvalue weighted by Crippen LogP contribution is -2.47. The summed E-state index contributed by atoms with van der Waals surface area (Å²) in [5, 5.41) is 9.20. The highest BCUT2D eigenvalue weighted by Gasteiger charge is 2.54. The molecule has 2 heterocycles. The molecule has 2 aliphatic heterocycles. The van der Waals surface area contributed by atoms with Gasteiger partial charge in [-0.15, -0.1) is 0 Å². The summed E-state index contributed by atoms with van der Waals surface area (Å²) in [7, 11) is 0. The van der Waals surface area contributed by atoms with Crippen LogP contribution in [0.4, 0.5) is 0 Å². The van der Waals surface area contributed by atoms with Gasteiger partial charge in [0.25, 0.3) is 0 Å². The molecule has 0 amide bonds. The van der Waals surface area contributed by atoms with Crippen LogP contribution in [0.25, 0.3) is 0 Å². The smallest absolute Gasteiger partial charge is 0.321 e. The van der Waals surface area contributed by atoms with E-state index >= 15 is 0 Å². The first-order chi connectivity index (χ1) is 7.79. The number of carboxylic acids is 1. The number of piperidine rings is 1. The molecule has 0 radical (unpaired) electrons. The van der Waals surface area contributed by atoms with E-state index in [0.717, 1.165) is 13.0 Å². The second-order valence-electron chi connectivity index (χ2n) is 5.89. The number of rotatable bonds is 2. The Morgan fingerprint density at radius 1 is 1.35 bits per heavy atom. The summed E-state index contributed by atoms with van der Waals surface area (Å²) in [6.07, 6.45) is 0.897. The van der Waals surface area contributed by atoms with E-state index in [1.165, 1.54) is 0 Å². The Bertz CT molecular complexity index is 347. The Morgan fingerprint density at radius 3 is 2.53 bits per heavy atom. The molecule has 4 unspecified atom stereocenters. The summed E-state index contributed by atoms with van der Waals surface area (Å²) in [4.78, 5) is 25.2. The van der Waals surface area contributed by atoms with Crippen LogP contribution >= 0.6 is 0 Å². The van der Waals surface area contributed by atoms with Gasteiger partial charge < -0.3 is 9.84 Å². The molecule has 5 nitrogen and oxygen atoms in total. The zero-order valence-corrected chi connectivity index (χ0v) is 10.5. The minimum atomic E-state index is -0.914. The molecule has 0 aromatic rings. The van der Waals surface area contributed by atoms with Crippen LogP contribution in [0.5, 0.6) is 0 Å². The molecule has 0 aliphatic carbocycles. The van der Waals surface area contributed by atoms with Gasteiger partial charge in [0.1, 0.15) is 11.6 Å². The van der Waals surface area contributed by atoms with Gasteiger partial charge in [0.2, 0.25) is 0 Å². The van der Waals surface area contributed by atoms with Gasteiger partial charge in [0, 0.05) is 6.54 Å². The molecule has 96 valence electrons. The average molecular weight is 241 g/mol. The predicted molar refractivity (Wildman–Crippen MR) is 60.4 cm³/mol. The maximum absolute atomic E-state index is 12.1. The van der Waals surface area contributed by atoms with E-state index < -0.39 is 23.5 Å². The van der Waals surface area contributed by atoms with E-state index in [4.69, 9.17) is 4.74 Å². The molecule has 2 saturated heterocycles. The standard InChI is InChI=1S/C12H19NO4/c1-12(2,3)17-11(16)8-7-4-5-13(6-7)9(8)10(14)15/h7-9H,4-6H2,1-3H3,(H,14,15). The predicted octanol–water partition coefficient (Wildman–Crippen LogP) is 0.733. The summed E-state index contributed by atoms with van der Waals surface area (Å²) in [6, 6.07) is -0.691. The number of esters is 1. The lowest BCUT2D eigenvalue weighted by molar-refractivity contribution is -0.167. The highest BCUT2D eigenvalue weighted by atomic mass is 16.6. The van der Waals surface area contributed by atoms with Crippen molar-refractivity contribution < 1.29 is 19.4 Å². The molecule has 0 aromatic carbocycles. The number of ether oxygens (including phenoxy) is 1. The van der Waals surface area contributed by atoms with E-state index in [2.05, 4.69) is 0 Å². The summed E-state index contributed by atoms with van der Waals surface area (Å²) in [5.74, 6) is -1.63. The lowest BCUT2D eigenvalue weighted by Gasteiger charge is -2.30. The number of aliphatic carboxylic acids is 1. The number of carbonyl (C=O) groups is 2. The molecular weight excluding hydrogens is 222 g/mol. The Hall–Kier alpha value is -1.10. The number of fused-ring (bicyclic) bond motifs is 2. The highest BCUT2D eigenvalue weighted by Crippen LogP contribution is 2.39. The second kappa shape index (κ2) is 3.98. The highest BCUT2D eigenvalue weighted by molar-refractivity contribution is 5.85. The van der Waals surface area contributed by atoms with Crippen molar-refractivity contribution in [2.24, 2.45) is 11.8 Å². The molecule has 2 fully saturated rings. The van der Waals surface area contributed by atoms with E-state index in [-0.39, 0.29) is 11.9 Å². The maximum Gasteiger partial charge on any atom is 0.321 e. The van der Waals surface area contributed by atoms with Crippen LogP contribution in [-0.4, -0.2) is 46.7 Å². The third kappa shape index (κ3) is 2.29. The maximum atomic E-state index is 12.1. The van der Waals surface area contributed by atoms with Crippen LogP contribution < -0.4 is 0 Å². The van der Waals surface area contributed by atoms with Crippen LogP contribution in [0.15, 0.2) is 0 Å². The summed E-state index contributed by atoms with van der Waals surface area (Å²) in [6.45, 7) is 6.89. The number of nitrogens with zero attached hydrogens (tertiary/aromatic N) is 1. The van der Waals surface area contributed by atoms with Crippen molar-refractivity contribution in [2.45, 2.75) is 38.8 Å². The quantitative estimate of drug-likeness (QED) is 0.722. The first kappa shape index (κ1) is 12.4. The van der Waals surface area contributed by atoms with Gasteiger partial charge >= 0.3 is 11.9 Å². The molecule has 0 aromatic heterocycles. The third-order valence-corrected chi connectivity index (χ3v) is 3.43. The first-order valence-electron chi connectivity index (χ1n) is 5.99. The minimum absolute atomic E-state index is 0.144.